The van der Waals surface area contributed by atoms with Crippen molar-refractivity contribution in [1.29, 1.82) is 0 Å². The molecular formula is C16H23N5O. The fraction of sp³-hybridized carbons (Fsp3) is 0.375. The number of aryl methyl sites for hydroxylation is 1. The number of aromatic amines is 1. The number of H-pyrrole nitrogens is 1. The number of carbonyl (C=O) groups is 1. The molecule has 0 unspecified atom stereocenters. The standard InChI is InChI=1S/C16H23N5O/c1-6-9-20(4)16(22)14-12(13-7-8-18-19-13)10-21(5)15(14)11(2)17-3/h7-8,10,17H,2,6,9H2,1,3-5H3,(H,18,19). The van der Waals surface area contributed by atoms with Crippen LogP contribution in [0.3, 0.4) is 0 Å². The molecule has 0 aliphatic carbocycles. The van der Waals surface area contributed by atoms with Crippen LogP contribution in [-0.2, 0) is 7.05 Å². The molecule has 0 bridgehead atoms. The number of hydrogen-bond donors (Lipinski definition) is 2. The number of hydrogen-bond acceptors (Lipinski definition) is 3. The van der Waals surface area contributed by atoms with E-state index in [9.17, 15) is 4.79 Å². The average molecular weight is 301 g/mol. The number of aromatic nitrogens is 3. The molecule has 2 aromatic rings. The van der Waals surface area contributed by atoms with E-state index in [1.54, 1.807) is 18.1 Å². The van der Waals surface area contributed by atoms with Crippen LogP contribution >= 0.6 is 0 Å². The maximum atomic E-state index is 12.9. The fourth-order valence-electron chi connectivity index (χ4n) is 2.56. The predicted molar refractivity (Wildman–Crippen MR) is 88.3 cm³/mol. The minimum Gasteiger partial charge on any atom is -0.387 e. The van der Waals surface area contributed by atoms with Crippen LogP contribution < -0.4 is 5.32 Å². The molecule has 0 saturated heterocycles. The van der Waals surface area contributed by atoms with Crippen molar-refractivity contribution >= 4 is 11.6 Å². The van der Waals surface area contributed by atoms with Crippen molar-refractivity contribution in [3.8, 4) is 11.3 Å². The molecule has 0 fully saturated rings. The van der Waals surface area contributed by atoms with Gasteiger partial charge in [0, 0.05) is 45.6 Å². The zero-order valence-corrected chi connectivity index (χ0v) is 13.6. The third-order valence-electron chi connectivity index (χ3n) is 3.68. The first-order valence-electron chi connectivity index (χ1n) is 7.32. The maximum absolute atomic E-state index is 12.9. The van der Waals surface area contributed by atoms with Gasteiger partial charge in [-0.05, 0) is 12.5 Å². The van der Waals surface area contributed by atoms with Crippen LogP contribution in [0.15, 0.2) is 25.0 Å². The van der Waals surface area contributed by atoms with E-state index in [4.69, 9.17) is 0 Å². The Morgan fingerprint density at radius 1 is 1.55 bits per heavy atom. The summed E-state index contributed by atoms with van der Waals surface area (Å²) in [7, 11) is 5.53. The van der Waals surface area contributed by atoms with E-state index in [1.165, 1.54) is 0 Å². The summed E-state index contributed by atoms with van der Waals surface area (Å²) < 4.78 is 1.92. The molecule has 0 spiro atoms. The van der Waals surface area contributed by atoms with Gasteiger partial charge in [0.2, 0.25) is 0 Å². The molecular weight excluding hydrogens is 278 g/mol. The van der Waals surface area contributed by atoms with E-state index in [0.29, 0.717) is 17.8 Å². The minimum atomic E-state index is -0.0153. The molecule has 0 saturated carbocycles. The van der Waals surface area contributed by atoms with Gasteiger partial charge in [0.25, 0.3) is 5.91 Å². The molecule has 0 aliphatic heterocycles. The SMILES string of the molecule is C=C(NC)c1c(C(=O)N(C)CCC)c(-c2ccn[nH]2)cn1C. The van der Waals surface area contributed by atoms with E-state index in [0.717, 1.165) is 23.4 Å². The van der Waals surface area contributed by atoms with Gasteiger partial charge < -0.3 is 14.8 Å². The van der Waals surface area contributed by atoms with Gasteiger partial charge in [0.05, 0.1) is 22.6 Å². The highest BCUT2D eigenvalue weighted by atomic mass is 16.2. The van der Waals surface area contributed by atoms with Crippen molar-refractivity contribution in [2.75, 3.05) is 20.6 Å². The Kier molecular flexibility index (Phi) is 4.70. The number of rotatable bonds is 6. The first-order valence-corrected chi connectivity index (χ1v) is 7.32. The molecule has 2 heterocycles. The van der Waals surface area contributed by atoms with Crippen molar-refractivity contribution in [1.82, 2.24) is 25.0 Å². The Morgan fingerprint density at radius 2 is 2.27 bits per heavy atom. The maximum Gasteiger partial charge on any atom is 0.256 e. The Balaban J connectivity index is 2.61. The summed E-state index contributed by atoms with van der Waals surface area (Å²) in [5.74, 6) is -0.0153. The van der Waals surface area contributed by atoms with Gasteiger partial charge >= 0.3 is 0 Å². The summed E-state index contributed by atoms with van der Waals surface area (Å²) in [6.45, 7) is 6.78. The van der Waals surface area contributed by atoms with Crippen molar-refractivity contribution in [2.45, 2.75) is 13.3 Å². The van der Waals surface area contributed by atoms with Gasteiger partial charge in [0.15, 0.2) is 0 Å². The lowest BCUT2D eigenvalue weighted by Gasteiger charge is -2.18. The smallest absolute Gasteiger partial charge is 0.256 e. The molecule has 2 aromatic heterocycles. The Labute approximate surface area is 130 Å². The van der Waals surface area contributed by atoms with E-state index >= 15 is 0 Å². The zero-order valence-electron chi connectivity index (χ0n) is 13.6. The molecule has 0 atom stereocenters. The molecule has 6 nitrogen and oxygen atoms in total. The molecule has 6 heteroatoms. The van der Waals surface area contributed by atoms with Crippen LogP contribution in [0, 0.1) is 0 Å². The number of nitrogens with zero attached hydrogens (tertiary/aromatic N) is 3. The molecule has 0 radical (unpaired) electrons. The summed E-state index contributed by atoms with van der Waals surface area (Å²) in [5, 5.41) is 9.95. The highest BCUT2D eigenvalue weighted by molar-refractivity contribution is 6.04. The zero-order chi connectivity index (χ0) is 16.3. The van der Waals surface area contributed by atoms with Gasteiger partial charge in [-0.15, -0.1) is 0 Å². The highest BCUT2D eigenvalue weighted by Crippen LogP contribution is 2.30. The summed E-state index contributed by atoms with van der Waals surface area (Å²) in [5.41, 5.74) is 3.79. The number of amides is 1. The number of nitrogens with one attached hydrogen (secondary N) is 2. The van der Waals surface area contributed by atoms with Gasteiger partial charge in [-0.25, -0.2) is 0 Å². The third kappa shape index (κ3) is 2.77. The molecule has 1 amide bonds. The van der Waals surface area contributed by atoms with Crippen LogP contribution in [0.1, 0.15) is 29.4 Å². The van der Waals surface area contributed by atoms with Gasteiger partial charge in [-0.3, -0.25) is 9.89 Å². The monoisotopic (exact) mass is 301 g/mol. The van der Waals surface area contributed by atoms with E-state index < -0.39 is 0 Å². The molecule has 2 N–H and O–H groups in total. The molecule has 2 rings (SSSR count). The largest absolute Gasteiger partial charge is 0.387 e. The normalized spacial score (nSPS) is 10.5. The Morgan fingerprint density at radius 3 is 2.82 bits per heavy atom. The number of carbonyl (C=O) groups excluding carboxylic acids is 1. The van der Waals surface area contributed by atoms with Crippen molar-refractivity contribution in [3.63, 3.8) is 0 Å². The lowest BCUT2D eigenvalue weighted by molar-refractivity contribution is 0.0795. The average Bonchev–Trinajstić information content (AvgIpc) is 3.13. The lowest BCUT2D eigenvalue weighted by atomic mass is 10.1. The van der Waals surface area contributed by atoms with Crippen molar-refractivity contribution in [3.05, 3.63) is 36.3 Å². The minimum absolute atomic E-state index is 0.0153. The third-order valence-corrected chi connectivity index (χ3v) is 3.68. The highest BCUT2D eigenvalue weighted by Gasteiger charge is 2.25. The summed E-state index contributed by atoms with van der Waals surface area (Å²) in [6.07, 6.45) is 4.52. The Hall–Kier alpha value is -2.50. The second-order valence-corrected chi connectivity index (χ2v) is 5.30. The quantitative estimate of drug-likeness (QED) is 0.858. The van der Waals surface area contributed by atoms with Crippen molar-refractivity contribution < 1.29 is 4.79 Å². The molecule has 0 aromatic carbocycles. The van der Waals surface area contributed by atoms with Crippen LogP contribution in [0.2, 0.25) is 0 Å². The topological polar surface area (TPSA) is 66.0 Å². The van der Waals surface area contributed by atoms with Gasteiger partial charge in [-0.1, -0.05) is 13.5 Å². The predicted octanol–water partition coefficient (Wildman–Crippen LogP) is 2.09. The Bertz CT molecular complexity index is 669. The summed E-state index contributed by atoms with van der Waals surface area (Å²) in [4.78, 5) is 14.7. The van der Waals surface area contributed by atoms with Gasteiger partial charge in [-0.2, -0.15) is 5.10 Å². The van der Waals surface area contributed by atoms with Gasteiger partial charge in [0.1, 0.15) is 0 Å². The van der Waals surface area contributed by atoms with E-state index in [-0.39, 0.29) is 5.91 Å². The first-order chi connectivity index (χ1) is 10.5. The van der Waals surface area contributed by atoms with E-state index in [1.807, 2.05) is 30.9 Å². The first kappa shape index (κ1) is 15.9. The van der Waals surface area contributed by atoms with Crippen molar-refractivity contribution in [2.24, 2.45) is 7.05 Å². The molecule has 22 heavy (non-hydrogen) atoms. The van der Waals surface area contributed by atoms with Crippen LogP contribution in [0.4, 0.5) is 0 Å². The van der Waals surface area contributed by atoms with Crippen LogP contribution in [0.5, 0.6) is 0 Å². The van der Waals surface area contributed by atoms with E-state index in [2.05, 4.69) is 29.0 Å². The summed E-state index contributed by atoms with van der Waals surface area (Å²) in [6, 6.07) is 1.86. The van der Waals surface area contributed by atoms with Crippen LogP contribution in [-0.4, -0.2) is 46.2 Å². The molecule has 118 valence electrons. The second-order valence-electron chi connectivity index (χ2n) is 5.30. The molecule has 0 aliphatic rings. The van der Waals surface area contributed by atoms with Crippen LogP contribution in [0.25, 0.3) is 17.0 Å². The fourth-order valence-corrected chi connectivity index (χ4v) is 2.56. The second kappa shape index (κ2) is 6.51. The lowest BCUT2D eigenvalue weighted by Crippen LogP contribution is -2.29. The summed E-state index contributed by atoms with van der Waals surface area (Å²) >= 11 is 0.